The van der Waals surface area contributed by atoms with Crippen LogP contribution in [-0.2, 0) is 76.0 Å². The van der Waals surface area contributed by atoms with E-state index >= 15 is 33.6 Å². The maximum Gasteiger partial charge on any atom is 0.345 e. The fraction of sp³-hybridized carbons (Fsp3) is 0.516. The molecule has 4 aromatic rings. The monoisotopic (exact) mass is 1360 g/mol. The zero-order valence-electron chi connectivity index (χ0n) is 54.9. The highest BCUT2D eigenvalue weighted by atomic mass is 16.9. The first-order chi connectivity index (χ1) is 46.4. The Kier molecular flexibility index (Phi) is 15.6. The molecule has 8 bridgehead atoms. The number of cyclic esters (lactones) is 1. The average Bonchev–Trinajstić information content (AvgIpc) is 1.42. The van der Waals surface area contributed by atoms with E-state index in [0.717, 1.165) is 33.5 Å². The predicted molar refractivity (Wildman–Crippen MR) is 313 cm³/mol. The molecule has 8 aliphatic heterocycles. The molecule has 7 fully saturated rings. The minimum Gasteiger partial charge on any atom is -0.493 e. The van der Waals surface area contributed by atoms with Crippen molar-refractivity contribution in [1.29, 1.82) is 0 Å². The quantitative estimate of drug-likeness (QED) is 0.124. The molecule has 33 heteroatoms. The van der Waals surface area contributed by atoms with Crippen LogP contribution in [0.3, 0.4) is 0 Å². The Hall–Kier alpha value is -9.35. The lowest BCUT2D eigenvalue weighted by molar-refractivity contribution is -0.462. The molecule has 520 valence electrons. The van der Waals surface area contributed by atoms with E-state index in [1.165, 1.54) is 110 Å². The third-order valence-electron chi connectivity index (χ3n) is 19.4. The van der Waals surface area contributed by atoms with Gasteiger partial charge in [-0.25, -0.2) is 24.0 Å². The van der Waals surface area contributed by atoms with Gasteiger partial charge in [-0.15, -0.1) is 0 Å². The molecule has 5 saturated heterocycles. The lowest BCUT2D eigenvalue weighted by atomic mass is 9.47. The van der Waals surface area contributed by atoms with Gasteiger partial charge in [0.1, 0.15) is 24.2 Å². The van der Waals surface area contributed by atoms with Gasteiger partial charge >= 0.3 is 35.8 Å². The van der Waals surface area contributed by atoms with Crippen LogP contribution in [0.25, 0.3) is 11.1 Å². The number of methoxy groups -OCH3 is 14. The first-order valence-corrected chi connectivity index (χ1v) is 29.7. The van der Waals surface area contributed by atoms with E-state index in [9.17, 15) is 5.11 Å². The summed E-state index contributed by atoms with van der Waals surface area (Å²) in [6.45, 7) is 1.04. The molecule has 0 unspecified atom stereocenters. The second-order valence-electron chi connectivity index (χ2n) is 23.6. The van der Waals surface area contributed by atoms with E-state index in [0.29, 0.717) is 0 Å². The second kappa shape index (κ2) is 22.9. The number of rotatable bonds is 16. The summed E-state index contributed by atoms with van der Waals surface area (Å²) in [5.74, 6) is -28.9. The van der Waals surface area contributed by atoms with Gasteiger partial charge in [0.25, 0.3) is 11.6 Å². The first kappa shape index (κ1) is 66.3. The van der Waals surface area contributed by atoms with Crippen molar-refractivity contribution in [2.45, 2.75) is 90.9 Å². The fourth-order valence-corrected chi connectivity index (χ4v) is 16.0. The van der Waals surface area contributed by atoms with Crippen molar-refractivity contribution >= 4 is 41.6 Å². The minimum atomic E-state index is -3.57. The van der Waals surface area contributed by atoms with E-state index in [4.69, 9.17) is 118 Å². The van der Waals surface area contributed by atoms with Crippen LogP contribution in [0.15, 0.2) is 30.3 Å². The maximum absolute atomic E-state index is 17.7. The molecular weight excluding hydrogens is 1300 g/mol. The van der Waals surface area contributed by atoms with Crippen molar-refractivity contribution in [3.63, 3.8) is 0 Å². The highest BCUT2D eigenvalue weighted by molar-refractivity contribution is 6.11. The Morgan fingerprint density at radius 2 is 1.07 bits per heavy atom. The molecule has 2 spiro atoms. The number of ketones is 1. The fourth-order valence-electron chi connectivity index (χ4n) is 16.0. The number of ether oxygens (including phenoxy) is 25. The molecule has 10 aliphatic rings. The molecule has 33 nitrogen and oxygen atoms in total. The Morgan fingerprint density at radius 3 is 1.61 bits per heavy atom. The number of esters is 6. The van der Waals surface area contributed by atoms with Crippen molar-refractivity contribution in [3.05, 3.63) is 58.1 Å². The standard InChI is InChI=1S/C64H66O33/c1-58(2)94-34-23-88-64(72)60(34,96-58)49-50(65)63(86-16)62(85-15)48-37-27(21-32(77-7)41(81-11)45(37)95-62)54(69)91-47-46-42(92-56(70)59(48,49)61(64,97-63)57(71)84-14)33(89-55(47)93-51(66)24-17-28(73-3)38(78-8)29(18-24)74-4)22-87-52(67)25-19-30(75-5)39(79-9)43(82-12)35(25)36-26(53(68)90-46)20-31(76-6)40(80-10)44(36)83-13/h17-21,33-34,42,46-49,55,72H,22-23H2,1-16H3/t33-,34+,42-,46+,47-,48-,49-,55+,59-,60-,61+,62-,63+,64+/m1/s1. The molecule has 14 rings (SSSR count). The summed E-state index contributed by atoms with van der Waals surface area (Å²) in [7, 11) is 16.5. The van der Waals surface area contributed by atoms with Crippen LogP contribution >= 0.6 is 0 Å². The SMILES string of the molecule is COC(=O)[C@@]12O[C@@]3(OC)C(=O)[C@@H]([C@]45OC(C)(C)O[C@H]4CO[C@@]51O)[C@]21C(=O)O[C@H]2[C@@H]4OC(=O)c5cc(OC)c(OC)c(OC)c5-c5c(cc(OC)c(OC)c5OC)C(=O)OC[C@H]2O[C@@H](OC(=O)c2cc(OC)c(OC)c(OC)c2)[C@@H]4OC(=O)c2cc(OC)c(OC)c4c2[C@H]1[C@@]3(OC)O4. The number of hydrogen-bond donors (Lipinski definition) is 1. The van der Waals surface area contributed by atoms with Gasteiger partial charge in [0.15, 0.2) is 69.6 Å². The lowest BCUT2D eigenvalue weighted by Gasteiger charge is -2.65. The molecule has 1 N–H and O–H groups in total. The number of carbonyl (C=O) groups is 7. The molecule has 97 heavy (non-hydrogen) atoms. The number of hydrogen-bond acceptors (Lipinski definition) is 33. The number of Topliss-reactive ketones (excluding diaryl/α,β-unsaturated/α-hetero) is 1. The van der Waals surface area contributed by atoms with Gasteiger partial charge < -0.3 is 124 Å². The zero-order chi connectivity index (χ0) is 69.8. The van der Waals surface area contributed by atoms with Gasteiger partial charge in [-0.3, -0.25) is 9.59 Å². The van der Waals surface area contributed by atoms with Crippen molar-refractivity contribution < 1.29 is 157 Å². The van der Waals surface area contributed by atoms with E-state index < -0.39 is 171 Å². The Morgan fingerprint density at radius 1 is 0.546 bits per heavy atom. The number of benzene rings is 4. The normalized spacial score (nSPS) is 32.5. The second-order valence-corrected chi connectivity index (χ2v) is 23.6. The van der Waals surface area contributed by atoms with Gasteiger partial charge in [-0.1, -0.05) is 0 Å². The number of carbonyl (C=O) groups excluding carboxylic acids is 7. The van der Waals surface area contributed by atoms with Gasteiger partial charge in [-0.2, -0.15) is 0 Å². The van der Waals surface area contributed by atoms with Crippen LogP contribution in [0.2, 0.25) is 0 Å². The highest BCUT2D eigenvalue weighted by Gasteiger charge is 3.08. The smallest absolute Gasteiger partial charge is 0.345 e. The Bertz CT molecular complexity index is 4030. The molecule has 4 aromatic carbocycles. The minimum absolute atomic E-state index is 0.0451. The van der Waals surface area contributed by atoms with Crippen LogP contribution < -0.4 is 56.8 Å². The molecule has 0 radical (unpaired) electrons. The molecular formula is C64H66O33. The number of fused-ring (bicyclic) bond motifs is 3. The summed E-state index contributed by atoms with van der Waals surface area (Å²) in [5.41, 5.74) is -12.9. The topological polar surface area (TPSA) is 370 Å². The molecule has 0 amide bonds. The van der Waals surface area contributed by atoms with E-state index in [1.807, 2.05) is 0 Å². The highest BCUT2D eigenvalue weighted by Crippen LogP contribution is 2.85. The molecule has 14 atom stereocenters. The largest absolute Gasteiger partial charge is 0.493 e. The summed E-state index contributed by atoms with van der Waals surface area (Å²) in [5, 5.41) is 14.1. The summed E-state index contributed by atoms with van der Waals surface area (Å²) in [6, 6.07) is 5.78. The van der Waals surface area contributed by atoms with Gasteiger partial charge in [-0.05, 0) is 44.2 Å². The summed E-state index contributed by atoms with van der Waals surface area (Å²) >= 11 is 0. The Balaban J connectivity index is 1.14. The van der Waals surface area contributed by atoms with Gasteiger partial charge in [0, 0.05) is 30.9 Å². The Labute approximate surface area is 550 Å². The third-order valence-corrected chi connectivity index (χ3v) is 19.4. The van der Waals surface area contributed by atoms with Crippen molar-refractivity contribution in [1.82, 2.24) is 0 Å². The van der Waals surface area contributed by atoms with Crippen molar-refractivity contribution in [3.8, 4) is 80.1 Å². The van der Waals surface area contributed by atoms with Crippen LogP contribution in [0.5, 0.6) is 69.0 Å². The van der Waals surface area contributed by atoms with E-state index in [-0.39, 0.29) is 79.9 Å². The van der Waals surface area contributed by atoms with Crippen LogP contribution in [-0.4, -0.2) is 231 Å². The predicted octanol–water partition coefficient (Wildman–Crippen LogP) is 2.79. The summed E-state index contributed by atoms with van der Waals surface area (Å²) in [4.78, 5) is 114. The number of aliphatic hydroxyl groups is 1. The molecule has 2 aliphatic carbocycles. The van der Waals surface area contributed by atoms with Gasteiger partial charge in [0.2, 0.25) is 52.6 Å². The van der Waals surface area contributed by atoms with Crippen LogP contribution in [0, 0.1) is 11.3 Å². The summed E-state index contributed by atoms with van der Waals surface area (Å²) in [6.07, 6.45) is -13.5. The zero-order valence-corrected chi connectivity index (χ0v) is 54.9. The van der Waals surface area contributed by atoms with E-state index in [2.05, 4.69) is 0 Å². The molecule has 0 aromatic heterocycles. The van der Waals surface area contributed by atoms with Crippen molar-refractivity contribution in [2.24, 2.45) is 11.3 Å². The molecule has 8 heterocycles. The van der Waals surface area contributed by atoms with Crippen molar-refractivity contribution in [2.75, 3.05) is 113 Å². The molecule has 2 saturated carbocycles. The first-order valence-electron chi connectivity index (χ1n) is 29.7. The van der Waals surface area contributed by atoms with Crippen LogP contribution in [0.4, 0.5) is 0 Å². The van der Waals surface area contributed by atoms with Gasteiger partial charge in [0.05, 0.1) is 126 Å². The third kappa shape index (κ3) is 8.05. The lowest BCUT2D eigenvalue weighted by Crippen LogP contribution is -2.89. The maximum atomic E-state index is 17.7. The van der Waals surface area contributed by atoms with E-state index in [1.54, 1.807) is 0 Å². The average molecular weight is 1360 g/mol. The van der Waals surface area contributed by atoms with Crippen LogP contribution in [0.1, 0.15) is 66.8 Å². The summed E-state index contributed by atoms with van der Waals surface area (Å²) < 4.78 is 154.